The molecule has 0 unspecified atom stereocenters. The summed E-state index contributed by atoms with van der Waals surface area (Å²) in [6.07, 6.45) is 2.70. The van der Waals surface area contributed by atoms with E-state index in [2.05, 4.69) is 19.9 Å². The molecule has 1 aromatic rings. The van der Waals surface area contributed by atoms with Gasteiger partial charge in [-0.25, -0.2) is 0 Å². The molecule has 0 N–H and O–H groups in total. The largest absolute Gasteiger partial charge is 0.493 e. The zero-order chi connectivity index (χ0) is 20.5. The summed E-state index contributed by atoms with van der Waals surface area (Å²) in [6, 6.07) is 5.46. The topological polar surface area (TPSA) is 71.8 Å². The van der Waals surface area contributed by atoms with Crippen LogP contribution >= 0.6 is 11.6 Å². The molecule has 2 rings (SSSR count). The molecule has 6 nitrogen and oxygen atoms in total. The standard InChI is InChI=1S/C21H29ClN2O4/c1-15(2)5-12-28-20-18(22)13-16(14-19(20)26-3)21(25)24(9-4-8-23)17-6-10-27-11-7-17/h13-15,17H,4-7,9-12H2,1-3H3. The molecule has 154 valence electrons. The van der Waals surface area contributed by atoms with E-state index in [0.717, 1.165) is 19.3 Å². The molecule has 1 aliphatic heterocycles. The van der Waals surface area contributed by atoms with Gasteiger partial charge in [-0.1, -0.05) is 25.4 Å². The Hall–Kier alpha value is -1.97. The van der Waals surface area contributed by atoms with E-state index in [1.807, 2.05) is 0 Å². The normalized spacial score (nSPS) is 14.6. The predicted molar refractivity (Wildman–Crippen MR) is 108 cm³/mol. The minimum absolute atomic E-state index is 0.0568. The third-order valence-corrected chi connectivity index (χ3v) is 5.06. The van der Waals surface area contributed by atoms with Crippen molar-refractivity contribution in [2.45, 2.75) is 45.6 Å². The van der Waals surface area contributed by atoms with Crippen molar-refractivity contribution in [1.29, 1.82) is 5.26 Å². The maximum Gasteiger partial charge on any atom is 0.254 e. The van der Waals surface area contributed by atoms with Crippen LogP contribution in [0.4, 0.5) is 0 Å². The van der Waals surface area contributed by atoms with Crippen LogP contribution in [0.1, 0.15) is 49.9 Å². The molecular formula is C21H29ClN2O4. The van der Waals surface area contributed by atoms with Gasteiger partial charge in [0, 0.05) is 31.4 Å². The number of nitrogens with zero attached hydrogens (tertiary/aromatic N) is 2. The highest BCUT2D eigenvalue weighted by Gasteiger charge is 2.27. The molecular weight excluding hydrogens is 380 g/mol. The van der Waals surface area contributed by atoms with Crippen LogP contribution in [0.25, 0.3) is 0 Å². The first kappa shape index (κ1) is 22.3. The first-order valence-electron chi connectivity index (χ1n) is 9.73. The van der Waals surface area contributed by atoms with Gasteiger partial charge in [0.1, 0.15) is 0 Å². The van der Waals surface area contributed by atoms with Crippen molar-refractivity contribution in [3.63, 3.8) is 0 Å². The summed E-state index contributed by atoms with van der Waals surface area (Å²) in [5.41, 5.74) is 0.433. The Labute approximate surface area is 172 Å². The van der Waals surface area contributed by atoms with E-state index in [0.29, 0.717) is 54.4 Å². The number of carbonyl (C=O) groups excluding carboxylic acids is 1. The Morgan fingerprint density at radius 2 is 2.11 bits per heavy atom. The fourth-order valence-electron chi connectivity index (χ4n) is 3.16. The molecule has 1 aliphatic rings. The molecule has 7 heteroatoms. The van der Waals surface area contributed by atoms with Gasteiger partial charge in [-0.05, 0) is 37.3 Å². The minimum Gasteiger partial charge on any atom is -0.493 e. The SMILES string of the molecule is COc1cc(C(=O)N(CCC#N)C2CCOCC2)cc(Cl)c1OCCC(C)C. The van der Waals surface area contributed by atoms with Crippen LogP contribution < -0.4 is 9.47 Å². The van der Waals surface area contributed by atoms with E-state index >= 15 is 0 Å². The summed E-state index contributed by atoms with van der Waals surface area (Å²) in [5.74, 6) is 1.25. The van der Waals surface area contributed by atoms with E-state index in [1.165, 1.54) is 7.11 Å². The highest BCUT2D eigenvalue weighted by Crippen LogP contribution is 2.37. The van der Waals surface area contributed by atoms with Crippen molar-refractivity contribution in [2.24, 2.45) is 5.92 Å². The number of rotatable bonds is 9. The fraction of sp³-hybridized carbons (Fsp3) is 0.619. The number of amides is 1. The molecule has 28 heavy (non-hydrogen) atoms. The lowest BCUT2D eigenvalue weighted by molar-refractivity contribution is 0.0296. The maximum atomic E-state index is 13.2. The first-order valence-corrected chi connectivity index (χ1v) is 10.1. The van der Waals surface area contributed by atoms with Gasteiger partial charge in [0.05, 0.1) is 31.2 Å². The van der Waals surface area contributed by atoms with Gasteiger partial charge in [-0.3, -0.25) is 4.79 Å². The molecule has 0 saturated carbocycles. The summed E-state index contributed by atoms with van der Waals surface area (Å²) in [7, 11) is 1.53. The average molecular weight is 409 g/mol. The average Bonchev–Trinajstić information content (AvgIpc) is 2.69. The number of hydrogen-bond donors (Lipinski definition) is 0. The lowest BCUT2D eigenvalue weighted by Crippen LogP contribution is -2.44. The smallest absolute Gasteiger partial charge is 0.254 e. The van der Waals surface area contributed by atoms with Crippen molar-refractivity contribution in [1.82, 2.24) is 4.90 Å². The van der Waals surface area contributed by atoms with Crippen LogP contribution in [-0.4, -0.2) is 50.3 Å². The molecule has 1 aromatic carbocycles. The van der Waals surface area contributed by atoms with Crippen LogP contribution in [0.15, 0.2) is 12.1 Å². The number of halogens is 1. The quantitative estimate of drug-likeness (QED) is 0.608. The predicted octanol–water partition coefficient (Wildman–Crippen LogP) is 4.31. The summed E-state index contributed by atoms with van der Waals surface area (Å²) in [6.45, 7) is 6.39. The van der Waals surface area contributed by atoms with Gasteiger partial charge >= 0.3 is 0 Å². The van der Waals surface area contributed by atoms with Gasteiger partial charge in [0.2, 0.25) is 0 Å². The highest BCUT2D eigenvalue weighted by molar-refractivity contribution is 6.32. The first-order chi connectivity index (χ1) is 13.5. The molecule has 0 aliphatic carbocycles. The Kier molecular flexibility index (Phi) is 8.88. The Morgan fingerprint density at radius 3 is 2.71 bits per heavy atom. The van der Waals surface area contributed by atoms with E-state index < -0.39 is 0 Å². The molecule has 1 amide bonds. The number of nitriles is 1. The Bertz CT molecular complexity index is 696. The number of benzene rings is 1. The second-order valence-corrected chi connectivity index (χ2v) is 7.68. The third-order valence-electron chi connectivity index (χ3n) is 4.77. The van der Waals surface area contributed by atoms with E-state index in [4.69, 9.17) is 31.1 Å². The number of methoxy groups -OCH3 is 1. The van der Waals surface area contributed by atoms with Gasteiger partial charge in [0.15, 0.2) is 11.5 Å². The molecule has 0 radical (unpaired) electrons. The zero-order valence-corrected chi connectivity index (χ0v) is 17.6. The highest BCUT2D eigenvalue weighted by atomic mass is 35.5. The summed E-state index contributed by atoms with van der Waals surface area (Å²) < 4.78 is 16.6. The van der Waals surface area contributed by atoms with Crippen molar-refractivity contribution < 1.29 is 19.0 Å². The number of carbonyl (C=O) groups is 1. The van der Waals surface area contributed by atoms with Crippen LogP contribution in [0.3, 0.4) is 0 Å². The van der Waals surface area contributed by atoms with Gasteiger partial charge in [-0.15, -0.1) is 0 Å². The minimum atomic E-state index is -0.156. The monoisotopic (exact) mass is 408 g/mol. The van der Waals surface area contributed by atoms with Crippen molar-refractivity contribution in [3.05, 3.63) is 22.7 Å². The van der Waals surface area contributed by atoms with E-state index in [-0.39, 0.29) is 18.4 Å². The molecule has 1 saturated heterocycles. The lowest BCUT2D eigenvalue weighted by Gasteiger charge is -2.34. The maximum absolute atomic E-state index is 13.2. The molecule has 1 heterocycles. The Morgan fingerprint density at radius 1 is 1.39 bits per heavy atom. The number of hydrogen-bond acceptors (Lipinski definition) is 5. The van der Waals surface area contributed by atoms with E-state index in [9.17, 15) is 4.79 Å². The van der Waals surface area contributed by atoms with Crippen LogP contribution in [0.5, 0.6) is 11.5 Å². The van der Waals surface area contributed by atoms with Gasteiger partial charge in [-0.2, -0.15) is 5.26 Å². The van der Waals surface area contributed by atoms with Crippen LogP contribution in [-0.2, 0) is 4.74 Å². The van der Waals surface area contributed by atoms with Crippen LogP contribution in [0.2, 0.25) is 5.02 Å². The van der Waals surface area contributed by atoms with Gasteiger partial charge < -0.3 is 19.1 Å². The third kappa shape index (κ3) is 6.02. The molecule has 0 bridgehead atoms. The lowest BCUT2D eigenvalue weighted by atomic mass is 10.0. The summed E-state index contributed by atoms with van der Waals surface area (Å²) >= 11 is 6.42. The molecule has 0 atom stereocenters. The van der Waals surface area contributed by atoms with Gasteiger partial charge in [0.25, 0.3) is 5.91 Å². The molecule has 0 aromatic heterocycles. The van der Waals surface area contributed by atoms with E-state index in [1.54, 1.807) is 17.0 Å². The molecule has 1 fully saturated rings. The Balaban J connectivity index is 2.24. The summed E-state index contributed by atoms with van der Waals surface area (Å²) in [4.78, 5) is 15.0. The zero-order valence-electron chi connectivity index (χ0n) is 16.9. The number of ether oxygens (including phenoxy) is 3. The fourth-order valence-corrected chi connectivity index (χ4v) is 3.43. The van der Waals surface area contributed by atoms with Crippen molar-refractivity contribution in [3.8, 4) is 17.6 Å². The molecule has 0 spiro atoms. The van der Waals surface area contributed by atoms with Crippen molar-refractivity contribution >= 4 is 17.5 Å². The van der Waals surface area contributed by atoms with Crippen molar-refractivity contribution in [2.75, 3.05) is 33.5 Å². The van der Waals surface area contributed by atoms with Crippen LogP contribution in [0, 0.1) is 17.2 Å². The second-order valence-electron chi connectivity index (χ2n) is 7.27. The second kappa shape index (κ2) is 11.1. The summed E-state index contributed by atoms with van der Waals surface area (Å²) in [5, 5.41) is 9.33.